The molecule has 0 amide bonds. The normalized spacial score (nSPS) is 29.8. The molecule has 19 heavy (non-hydrogen) atoms. The smallest absolute Gasteiger partial charge is 0.203 e. The summed E-state index contributed by atoms with van der Waals surface area (Å²) in [6.07, 6.45) is 5.17. The van der Waals surface area contributed by atoms with Gasteiger partial charge in [0.05, 0.1) is 11.0 Å². The van der Waals surface area contributed by atoms with Gasteiger partial charge in [-0.3, -0.25) is 0 Å². The number of piperidine rings is 1. The maximum atomic E-state index is 4.71. The number of fused-ring (bicyclic) bond motifs is 3. The van der Waals surface area contributed by atoms with Crippen LogP contribution in [-0.4, -0.2) is 35.1 Å². The molecule has 3 heterocycles. The van der Waals surface area contributed by atoms with Crippen molar-refractivity contribution in [2.45, 2.75) is 43.8 Å². The monoisotopic (exact) mass is 256 g/mol. The number of benzene rings is 1. The molecule has 2 aliphatic rings. The Morgan fingerprint density at radius 1 is 1.16 bits per heavy atom. The van der Waals surface area contributed by atoms with Gasteiger partial charge in [0.2, 0.25) is 5.95 Å². The van der Waals surface area contributed by atoms with Gasteiger partial charge in [-0.15, -0.1) is 0 Å². The van der Waals surface area contributed by atoms with Gasteiger partial charge in [0.15, 0.2) is 0 Å². The third-order valence-electron chi connectivity index (χ3n) is 4.71. The Kier molecular flexibility index (Phi) is 2.52. The van der Waals surface area contributed by atoms with Gasteiger partial charge in [-0.1, -0.05) is 12.1 Å². The molecule has 2 N–H and O–H groups in total. The van der Waals surface area contributed by atoms with Crippen LogP contribution in [0.3, 0.4) is 0 Å². The molecule has 4 heteroatoms. The van der Waals surface area contributed by atoms with E-state index in [1.807, 2.05) is 6.07 Å². The van der Waals surface area contributed by atoms with Crippen LogP contribution in [0.2, 0.25) is 0 Å². The zero-order chi connectivity index (χ0) is 12.8. The highest BCUT2D eigenvalue weighted by atomic mass is 15.3. The molecule has 0 radical (unpaired) electrons. The van der Waals surface area contributed by atoms with Crippen LogP contribution in [-0.2, 0) is 0 Å². The molecule has 2 unspecified atom stereocenters. The maximum Gasteiger partial charge on any atom is 0.203 e. The number of nitrogens with one attached hydrogen (secondary N) is 2. The van der Waals surface area contributed by atoms with Gasteiger partial charge in [0.1, 0.15) is 0 Å². The van der Waals surface area contributed by atoms with Crippen molar-refractivity contribution in [1.82, 2.24) is 15.3 Å². The van der Waals surface area contributed by atoms with Crippen molar-refractivity contribution in [2.75, 3.05) is 11.9 Å². The highest BCUT2D eigenvalue weighted by Crippen LogP contribution is 2.31. The van der Waals surface area contributed by atoms with Crippen LogP contribution in [0.15, 0.2) is 24.3 Å². The van der Waals surface area contributed by atoms with Gasteiger partial charge in [-0.25, -0.2) is 4.98 Å². The van der Waals surface area contributed by atoms with Gasteiger partial charge >= 0.3 is 0 Å². The third-order valence-corrected chi connectivity index (χ3v) is 4.71. The van der Waals surface area contributed by atoms with E-state index in [0.29, 0.717) is 6.04 Å². The van der Waals surface area contributed by atoms with Gasteiger partial charge < -0.3 is 15.2 Å². The molecule has 2 fully saturated rings. The second kappa shape index (κ2) is 4.23. The Bertz CT molecular complexity index is 546. The van der Waals surface area contributed by atoms with Crippen LogP contribution < -0.4 is 10.2 Å². The first-order valence-corrected chi connectivity index (χ1v) is 7.23. The molecular weight excluding hydrogens is 236 g/mol. The summed E-state index contributed by atoms with van der Waals surface area (Å²) in [5.41, 5.74) is 2.18. The second-order valence-corrected chi connectivity index (χ2v) is 5.95. The number of hydrogen-bond donors (Lipinski definition) is 2. The molecule has 0 aliphatic carbocycles. The summed E-state index contributed by atoms with van der Waals surface area (Å²) >= 11 is 0. The number of para-hydroxylation sites is 2. The molecular formula is C15H20N4. The number of imidazole rings is 1. The summed E-state index contributed by atoms with van der Waals surface area (Å²) in [5, 5.41) is 3.70. The molecule has 0 saturated carbocycles. The Hall–Kier alpha value is -1.55. The largest absolute Gasteiger partial charge is 0.342 e. The topological polar surface area (TPSA) is 44.0 Å². The van der Waals surface area contributed by atoms with E-state index < -0.39 is 0 Å². The number of anilines is 1. The van der Waals surface area contributed by atoms with Crippen LogP contribution >= 0.6 is 0 Å². The first-order valence-electron chi connectivity index (χ1n) is 7.23. The molecule has 0 spiro atoms. The maximum absolute atomic E-state index is 4.71. The summed E-state index contributed by atoms with van der Waals surface area (Å²) in [4.78, 5) is 10.5. The highest BCUT2D eigenvalue weighted by Gasteiger charge is 2.35. The zero-order valence-corrected chi connectivity index (χ0v) is 11.3. The standard InChI is InChI=1S/C15H20N4/c1-19(12-8-10-6-7-11(9-12)16-10)15-17-13-4-2-3-5-14(13)18-15/h2-5,10-12,16H,6-9H2,1H3,(H,17,18). The predicted molar refractivity (Wildman–Crippen MR) is 77.5 cm³/mol. The SMILES string of the molecule is CN(c1nc2ccccc2[nH]1)C1CC2CCC(C1)N2. The molecule has 1 aromatic carbocycles. The lowest BCUT2D eigenvalue weighted by atomic mass is 9.99. The number of H-pyrrole nitrogens is 1. The molecule has 2 bridgehead atoms. The van der Waals surface area contributed by atoms with Crippen molar-refractivity contribution < 1.29 is 0 Å². The van der Waals surface area contributed by atoms with Crippen LogP contribution in [0.1, 0.15) is 25.7 Å². The van der Waals surface area contributed by atoms with Gasteiger partial charge in [-0.05, 0) is 37.8 Å². The molecule has 2 saturated heterocycles. The number of aromatic amines is 1. The fourth-order valence-corrected chi connectivity index (χ4v) is 3.62. The van der Waals surface area contributed by atoms with Gasteiger partial charge in [0.25, 0.3) is 0 Å². The number of aromatic nitrogens is 2. The summed E-state index contributed by atoms with van der Waals surface area (Å²) in [5.74, 6) is 1.01. The predicted octanol–water partition coefficient (Wildman–Crippen LogP) is 2.28. The molecule has 4 nitrogen and oxygen atoms in total. The van der Waals surface area contributed by atoms with E-state index in [1.54, 1.807) is 0 Å². The lowest BCUT2D eigenvalue weighted by molar-refractivity contribution is 0.353. The quantitative estimate of drug-likeness (QED) is 0.866. The summed E-state index contributed by atoms with van der Waals surface area (Å²) in [7, 11) is 2.17. The Morgan fingerprint density at radius 2 is 1.89 bits per heavy atom. The van der Waals surface area contributed by atoms with E-state index in [4.69, 9.17) is 4.98 Å². The van der Waals surface area contributed by atoms with Crippen molar-refractivity contribution in [1.29, 1.82) is 0 Å². The zero-order valence-electron chi connectivity index (χ0n) is 11.3. The molecule has 4 rings (SSSR count). The molecule has 2 atom stereocenters. The van der Waals surface area contributed by atoms with Crippen molar-refractivity contribution in [3.63, 3.8) is 0 Å². The number of nitrogens with zero attached hydrogens (tertiary/aromatic N) is 2. The lowest BCUT2D eigenvalue weighted by Crippen LogP contribution is -2.47. The Labute approximate surface area is 113 Å². The minimum Gasteiger partial charge on any atom is -0.342 e. The third kappa shape index (κ3) is 1.91. The van der Waals surface area contributed by atoms with Crippen molar-refractivity contribution in [3.8, 4) is 0 Å². The first kappa shape index (κ1) is 11.3. The minimum atomic E-state index is 0.610. The van der Waals surface area contributed by atoms with E-state index >= 15 is 0 Å². The lowest BCUT2D eigenvalue weighted by Gasteiger charge is -2.35. The first-order chi connectivity index (χ1) is 9.29. The molecule has 100 valence electrons. The summed E-state index contributed by atoms with van der Waals surface area (Å²) in [6.45, 7) is 0. The van der Waals surface area contributed by atoms with E-state index in [1.165, 1.54) is 25.7 Å². The molecule has 2 aliphatic heterocycles. The number of hydrogen-bond acceptors (Lipinski definition) is 3. The number of rotatable bonds is 2. The van der Waals surface area contributed by atoms with Crippen LogP contribution in [0.4, 0.5) is 5.95 Å². The van der Waals surface area contributed by atoms with E-state index in [-0.39, 0.29) is 0 Å². The van der Waals surface area contributed by atoms with E-state index in [0.717, 1.165) is 29.1 Å². The summed E-state index contributed by atoms with van der Waals surface area (Å²) in [6, 6.07) is 10.3. The van der Waals surface area contributed by atoms with E-state index in [2.05, 4.69) is 40.4 Å². The van der Waals surface area contributed by atoms with Crippen LogP contribution in [0, 0.1) is 0 Å². The summed E-state index contributed by atoms with van der Waals surface area (Å²) < 4.78 is 0. The molecule has 1 aromatic heterocycles. The van der Waals surface area contributed by atoms with Crippen molar-refractivity contribution in [3.05, 3.63) is 24.3 Å². The minimum absolute atomic E-state index is 0.610. The fraction of sp³-hybridized carbons (Fsp3) is 0.533. The van der Waals surface area contributed by atoms with Crippen LogP contribution in [0.25, 0.3) is 11.0 Å². The molecule has 2 aromatic rings. The van der Waals surface area contributed by atoms with Crippen molar-refractivity contribution >= 4 is 17.0 Å². The van der Waals surface area contributed by atoms with Gasteiger partial charge in [0, 0.05) is 25.2 Å². The highest BCUT2D eigenvalue weighted by molar-refractivity contribution is 5.77. The average molecular weight is 256 g/mol. The fourth-order valence-electron chi connectivity index (χ4n) is 3.62. The van der Waals surface area contributed by atoms with Crippen molar-refractivity contribution in [2.24, 2.45) is 0 Å². The van der Waals surface area contributed by atoms with Gasteiger partial charge in [-0.2, -0.15) is 0 Å². The Balaban J connectivity index is 1.60. The van der Waals surface area contributed by atoms with E-state index in [9.17, 15) is 0 Å². The average Bonchev–Trinajstić information content (AvgIpc) is 3.01. The Morgan fingerprint density at radius 3 is 2.63 bits per heavy atom. The van der Waals surface area contributed by atoms with Crippen LogP contribution in [0.5, 0.6) is 0 Å². The second-order valence-electron chi connectivity index (χ2n) is 5.95.